The van der Waals surface area contributed by atoms with Gasteiger partial charge in [-0.1, -0.05) is 0 Å². The first-order valence-electron chi connectivity index (χ1n) is 9.02. The van der Waals surface area contributed by atoms with Crippen molar-refractivity contribution in [2.75, 3.05) is 25.5 Å². The Kier molecular flexibility index (Phi) is 7.04. The first-order valence-corrected chi connectivity index (χ1v) is 9.02. The van der Waals surface area contributed by atoms with Gasteiger partial charge in [-0.25, -0.2) is 0 Å². The summed E-state index contributed by atoms with van der Waals surface area (Å²) in [6, 6.07) is 3.34. The lowest BCUT2D eigenvalue weighted by Gasteiger charge is -2.30. The van der Waals surface area contributed by atoms with E-state index in [9.17, 15) is 23.4 Å². The molecule has 1 aliphatic heterocycles. The molecule has 0 aliphatic carbocycles. The van der Waals surface area contributed by atoms with Crippen LogP contribution >= 0.6 is 0 Å². The maximum atomic E-state index is 12.9. The summed E-state index contributed by atoms with van der Waals surface area (Å²) in [5.41, 5.74) is 0.136. The number of halogens is 3. The molecule has 0 saturated carbocycles. The van der Waals surface area contributed by atoms with Gasteiger partial charge >= 0.3 is 6.18 Å². The average Bonchev–Trinajstić information content (AvgIpc) is 2.61. The number of aryl methyl sites for hydroxylation is 1. The molecule has 3 rings (SSSR count). The molecular weight excluding hydrogens is 389 g/mol. The average molecular weight is 414 g/mol. The molecule has 160 valence electrons. The molecule has 2 heterocycles. The lowest BCUT2D eigenvalue weighted by atomic mass is 9.99. The highest BCUT2D eigenvalue weighted by molar-refractivity contribution is 5.72. The zero-order valence-corrected chi connectivity index (χ0v) is 16.2. The quantitative estimate of drug-likeness (QED) is 0.708. The molecule has 0 spiro atoms. The summed E-state index contributed by atoms with van der Waals surface area (Å²) in [7, 11) is 2.03. The lowest BCUT2D eigenvalue weighted by molar-refractivity contribution is -0.137. The third-order valence-electron chi connectivity index (χ3n) is 4.91. The molecule has 1 aromatic heterocycles. The number of phenols is 1. The highest BCUT2D eigenvalue weighted by atomic mass is 19.4. The van der Waals surface area contributed by atoms with Crippen molar-refractivity contribution < 1.29 is 28.9 Å². The molecule has 1 unspecified atom stereocenters. The molecule has 1 atom stereocenters. The van der Waals surface area contributed by atoms with E-state index in [1.54, 1.807) is 0 Å². The number of alkyl halides is 3. The van der Waals surface area contributed by atoms with E-state index in [1.165, 1.54) is 13.0 Å². The highest BCUT2D eigenvalue weighted by Crippen LogP contribution is 2.38. The van der Waals surface area contributed by atoms with E-state index < -0.39 is 17.5 Å². The van der Waals surface area contributed by atoms with Gasteiger partial charge in [0.15, 0.2) is 5.82 Å². The minimum atomic E-state index is -4.55. The summed E-state index contributed by atoms with van der Waals surface area (Å²) in [4.78, 5) is 2.20. The normalized spacial score (nSPS) is 17.7. The van der Waals surface area contributed by atoms with Crippen molar-refractivity contribution in [3.05, 3.63) is 34.9 Å². The first-order chi connectivity index (χ1) is 13.2. The number of nitrogens with zero attached hydrogens (tertiary/aromatic N) is 3. The van der Waals surface area contributed by atoms with Crippen LogP contribution in [0.1, 0.15) is 29.5 Å². The van der Waals surface area contributed by atoms with Crippen LogP contribution < -0.4 is 5.32 Å². The van der Waals surface area contributed by atoms with Crippen LogP contribution in [0.3, 0.4) is 0 Å². The number of hydrogen-bond donors (Lipinski definition) is 3. The van der Waals surface area contributed by atoms with Gasteiger partial charge in [0.2, 0.25) is 0 Å². The number of aliphatic hydroxyl groups excluding tert-OH is 1. The van der Waals surface area contributed by atoms with Gasteiger partial charge in [-0.05, 0) is 57.1 Å². The number of aromatic nitrogens is 2. The lowest BCUT2D eigenvalue weighted by Crippen LogP contribution is -2.40. The zero-order valence-electron chi connectivity index (χ0n) is 16.2. The smallest absolute Gasteiger partial charge is 0.416 e. The van der Waals surface area contributed by atoms with Crippen LogP contribution in [0.5, 0.6) is 5.75 Å². The van der Waals surface area contributed by atoms with E-state index in [2.05, 4.69) is 20.4 Å². The van der Waals surface area contributed by atoms with Gasteiger partial charge in [0.1, 0.15) is 5.75 Å². The number of hydrogen-bond acceptors (Lipinski definition) is 6. The molecule has 0 bridgehead atoms. The molecule has 7 nitrogen and oxygen atoms in total. The van der Waals surface area contributed by atoms with Gasteiger partial charge in [-0.15, -0.1) is 10.2 Å². The molecule has 1 aliphatic rings. The SMILES string of the molecule is Cc1cc(C(F)(F)F)cc(O)c1-c1cc(CO)c(NC2CCCN(C)C2)nn1.O. The Balaban J connectivity index is 0.00000300. The predicted octanol–water partition coefficient (Wildman–Crippen LogP) is 2.35. The third kappa shape index (κ3) is 5.14. The van der Waals surface area contributed by atoms with Crippen molar-refractivity contribution >= 4 is 5.82 Å². The fraction of sp³-hybridized carbons (Fsp3) is 0.474. The summed E-state index contributed by atoms with van der Waals surface area (Å²) in [6.45, 7) is 3.03. The van der Waals surface area contributed by atoms with Crippen LogP contribution in [0.4, 0.5) is 19.0 Å². The number of likely N-dealkylation sites (N-methyl/N-ethyl adjacent to an activating group) is 1. The van der Waals surface area contributed by atoms with E-state index in [1.807, 2.05) is 7.05 Å². The molecule has 1 fully saturated rings. The van der Waals surface area contributed by atoms with Crippen LogP contribution in [0, 0.1) is 6.92 Å². The van der Waals surface area contributed by atoms with E-state index in [4.69, 9.17) is 0 Å². The van der Waals surface area contributed by atoms with E-state index in [0.29, 0.717) is 17.4 Å². The van der Waals surface area contributed by atoms with Crippen molar-refractivity contribution in [2.24, 2.45) is 0 Å². The summed E-state index contributed by atoms with van der Waals surface area (Å²) in [5, 5.41) is 31.4. The van der Waals surface area contributed by atoms with E-state index >= 15 is 0 Å². The number of piperidine rings is 1. The Labute approximate surface area is 166 Å². The number of benzene rings is 1. The van der Waals surface area contributed by atoms with Gasteiger partial charge in [0.05, 0.1) is 17.9 Å². The number of nitrogens with one attached hydrogen (secondary N) is 1. The molecule has 1 aromatic carbocycles. The molecule has 29 heavy (non-hydrogen) atoms. The molecule has 1 saturated heterocycles. The van der Waals surface area contributed by atoms with E-state index in [0.717, 1.165) is 32.0 Å². The highest BCUT2D eigenvalue weighted by Gasteiger charge is 2.32. The molecule has 2 aromatic rings. The number of aliphatic hydroxyl groups is 1. The summed E-state index contributed by atoms with van der Waals surface area (Å²) < 4.78 is 38.8. The van der Waals surface area contributed by atoms with Gasteiger partial charge < -0.3 is 25.9 Å². The van der Waals surface area contributed by atoms with E-state index in [-0.39, 0.29) is 34.9 Å². The van der Waals surface area contributed by atoms with Crippen LogP contribution in [-0.2, 0) is 12.8 Å². The minimum absolute atomic E-state index is 0. The number of likely N-dealkylation sites (tertiary alicyclic amines) is 1. The molecule has 0 amide bonds. The Hall–Kier alpha value is -2.43. The molecule has 0 radical (unpaired) electrons. The second-order valence-corrected chi connectivity index (χ2v) is 7.19. The van der Waals surface area contributed by atoms with Crippen molar-refractivity contribution in [3.8, 4) is 17.0 Å². The molecule has 5 N–H and O–H groups in total. The standard InChI is InChI=1S/C19H23F3N4O2.H2O/c1-11-6-13(19(20,21)22)8-16(28)17(11)15-7-12(10-27)18(25-24-15)23-14-4-3-5-26(2)9-14;/h6-8,14,27-28H,3-5,9-10H2,1-2H3,(H,23,25);1H2. The predicted molar refractivity (Wildman–Crippen MR) is 103 cm³/mol. The Morgan fingerprint density at radius 3 is 2.55 bits per heavy atom. The third-order valence-corrected chi connectivity index (χ3v) is 4.91. The fourth-order valence-corrected chi connectivity index (χ4v) is 3.54. The zero-order chi connectivity index (χ0) is 20.5. The molecular formula is C19H25F3N4O3. The number of aromatic hydroxyl groups is 1. The Morgan fingerprint density at radius 1 is 1.24 bits per heavy atom. The summed E-state index contributed by atoms with van der Waals surface area (Å²) in [5.74, 6) is -0.0873. The van der Waals surface area contributed by atoms with Crippen LogP contribution in [0.25, 0.3) is 11.3 Å². The summed E-state index contributed by atoms with van der Waals surface area (Å²) in [6.07, 6.45) is -2.53. The summed E-state index contributed by atoms with van der Waals surface area (Å²) >= 11 is 0. The van der Waals surface area contributed by atoms with Crippen LogP contribution in [0.15, 0.2) is 18.2 Å². The Morgan fingerprint density at radius 2 is 1.97 bits per heavy atom. The monoisotopic (exact) mass is 414 g/mol. The number of rotatable bonds is 4. The van der Waals surface area contributed by atoms with Gasteiger partial charge in [-0.2, -0.15) is 13.2 Å². The molecule has 10 heteroatoms. The Bertz CT molecular complexity index is 838. The largest absolute Gasteiger partial charge is 0.507 e. The van der Waals surface area contributed by atoms with Crippen LogP contribution in [0.2, 0.25) is 0 Å². The van der Waals surface area contributed by atoms with Crippen molar-refractivity contribution in [1.29, 1.82) is 0 Å². The second-order valence-electron chi connectivity index (χ2n) is 7.19. The maximum Gasteiger partial charge on any atom is 0.416 e. The fourth-order valence-electron chi connectivity index (χ4n) is 3.54. The van der Waals surface area contributed by atoms with Gasteiger partial charge in [0.25, 0.3) is 0 Å². The van der Waals surface area contributed by atoms with Gasteiger partial charge in [-0.3, -0.25) is 0 Å². The number of anilines is 1. The number of phenolic OH excluding ortho intramolecular Hbond substituents is 1. The second kappa shape index (κ2) is 8.93. The van der Waals surface area contributed by atoms with Gasteiger partial charge in [0, 0.05) is 23.7 Å². The minimum Gasteiger partial charge on any atom is -0.507 e. The maximum absolute atomic E-state index is 12.9. The van der Waals surface area contributed by atoms with Crippen molar-refractivity contribution in [3.63, 3.8) is 0 Å². The van der Waals surface area contributed by atoms with Crippen LogP contribution in [-0.4, -0.2) is 57.0 Å². The van der Waals surface area contributed by atoms with Crippen molar-refractivity contribution in [1.82, 2.24) is 15.1 Å². The van der Waals surface area contributed by atoms with Crippen molar-refractivity contribution in [2.45, 2.75) is 38.6 Å². The topological polar surface area (TPSA) is 113 Å². The first kappa shape index (κ1) is 22.9.